The number of para-hydroxylation sites is 1. The van der Waals surface area contributed by atoms with Crippen LogP contribution in [0.1, 0.15) is 23.6 Å². The second-order valence-corrected chi connectivity index (χ2v) is 7.55. The second-order valence-electron chi connectivity index (χ2n) is 7.55. The zero-order valence-corrected chi connectivity index (χ0v) is 15.8. The molecule has 5 rings (SSSR count). The van der Waals surface area contributed by atoms with E-state index in [9.17, 15) is 4.79 Å². The minimum Gasteiger partial charge on any atom is -0.307 e. The molecule has 1 aliphatic rings. The van der Waals surface area contributed by atoms with Crippen molar-refractivity contribution in [3.8, 4) is 0 Å². The van der Waals surface area contributed by atoms with Gasteiger partial charge in [0, 0.05) is 5.69 Å². The van der Waals surface area contributed by atoms with Gasteiger partial charge in [-0.15, -0.1) is 0 Å². The van der Waals surface area contributed by atoms with E-state index in [1.165, 1.54) is 0 Å². The fourth-order valence-electron chi connectivity index (χ4n) is 4.47. The Morgan fingerprint density at radius 2 is 1.36 bits per heavy atom. The molecule has 0 saturated heterocycles. The Kier molecular flexibility index (Phi) is 3.80. The van der Waals surface area contributed by atoms with Crippen molar-refractivity contribution in [2.24, 2.45) is 0 Å². The van der Waals surface area contributed by atoms with Crippen molar-refractivity contribution >= 4 is 22.4 Å². The van der Waals surface area contributed by atoms with Crippen molar-refractivity contribution in [1.82, 2.24) is 0 Å². The predicted octanol–water partition coefficient (Wildman–Crippen LogP) is 5.69. The quantitative estimate of drug-likeness (QED) is 0.458. The van der Waals surface area contributed by atoms with Gasteiger partial charge in [-0.2, -0.15) is 0 Å². The summed E-state index contributed by atoms with van der Waals surface area (Å²) < 4.78 is 0. The first-order valence-electron chi connectivity index (χ1n) is 9.63. The summed E-state index contributed by atoms with van der Waals surface area (Å²) in [6.45, 7) is 2.65. The number of anilines is 1. The van der Waals surface area contributed by atoms with Crippen LogP contribution in [-0.4, -0.2) is 5.91 Å². The summed E-state index contributed by atoms with van der Waals surface area (Å²) in [7, 11) is 0. The number of fused-ring (bicyclic) bond motifs is 2. The number of nitrogens with zero attached hydrogens (tertiary/aromatic N) is 1. The Labute approximate surface area is 165 Å². The summed E-state index contributed by atoms with van der Waals surface area (Å²) >= 11 is 0. The molecule has 1 aliphatic heterocycles. The van der Waals surface area contributed by atoms with E-state index in [4.69, 9.17) is 0 Å². The van der Waals surface area contributed by atoms with Crippen LogP contribution in [0.25, 0.3) is 10.8 Å². The number of hydrogen-bond acceptors (Lipinski definition) is 1. The van der Waals surface area contributed by atoms with Crippen molar-refractivity contribution in [3.63, 3.8) is 0 Å². The van der Waals surface area contributed by atoms with Crippen LogP contribution in [0.4, 0.5) is 5.69 Å². The van der Waals surface area contributed by atoms with Gasteiger partial charge in [-0.05, 0) is 40.5 Å². The molecule has 0 unspecified atom stereocenters. The average Bonchev–Trinajstić information content (AvgIpc) is 2.97. The topological polar surface area (TPSA) is 20.3 Å². The minimum atomic E-state index is -0.702. The summed E-state index contributed by atoms with van der Waals surface area (Å²) in [5, 5.41) is 2.30. The van der Waals surface area contributed by atoms with Crippen molar-refractivity contribution < 1.29 is 4.79 Å². The van der Waals surface area contributed by atoms with Crippen LogP contribution >= 0.6 is 0 Å². The Balaban J connectivity index is 1.70. The van der Waals surface area contributed by atoms with Gasteiger partial charge in [0.2, 0.25) is 5.91 Å². The third-order valence-electron chi connectivity index (χ3n) is 5.92. The van der Waals surface area contributed by atoms with Crippen molar-refractivity contribution in [1.29, 1.82) is 0 Å². The van der Waals surface area contributed by atoms with E-state index in [1.54, 1.807) is 0 Å². The maximum atomic E-state index is 13.9. The largest absolute Gasteiger partial charge is 0.307 e. The van der Waals surface area contributed by atoms with E-state index in [0.29, 0.717) is 6.54 Å². The smallest absolute Gasteiger partial charge is 0.242 e. The van der Waals surface area contributed by atoms with Crippen molar-refractivity contribution in [2.75, 3.05) is 4.90 Å². The van der Waals surface area contributed by atoms with Crippen LogP contribution in [-0.2, 0) is 16.8 Å². The van der Waals surface area contributed by atoms with E-state index >= 15 is 0 Å². The van der Waals surface area contributed by atoms with Gasteiger partial charge in [0.25, 0.3) is 0 Å². The molecule has 0 aromatic heterocycles. The summed E-state index contributed by atoms with van der Waals surface area (Å²) in [6.07, 6.45) is 0. The molecule has 0 bridgehead atoms. The lowest BCUT2D eigenvalue weighted by Crippen LogP contribution is -2.38. The van der Waals surface area contributed by atoms with E-state index in [1.807, 2.05) is 47.4 Å². The summed E-state index contributed by atoms with van der Waals surface area (Å²) in [5.41, 5.74) is 3.58. The molecular weight excluding hydrogens is 342 g/mol. The molecule has 1 heterocycles. The standard InChI is InChI=1S/C26H21NO/c1-26(22-16-9-13-20-12-5-6-14-21(20)22)23-15-7-8-17-24(23)27(25(26)28)18-19-10-3-2-4-11-19/h2-17H,18H2,1H3/t26-/m1/s1. The Morgan fingerprint density at radius 3 is 2.21 bits per heavy atom. The lowest BCUT2D eigenvalue weighted by molar-refractivity contribution is -0.121. The van der Waals surface area contributed by atoms with Gasteiger partial charge in [-0.3, -0.25) is 4.79 Å². The Morgan fingerprint density at radius 1 is 0.714 bits per heavy atom. The maximum Gasteiger partial charge on any atom is 0.242 e. The van der Waals surface area contributed by atoms with Gasteiger partial charge < -0.3 is 4.90 Å². The molecule has 4 aromatic carbocycles. The molecule has 2 heteroatoms. The van der Waals surface area contributed by atoms with Crippen LogP contribution in [0.2, 0.25) is 0 Å². The predicted molar refractivity (Wildman–Crippen MR) is 114 cm³/mol. The maximum absolute atomic E-state index is 13.9. The molecule has 0 spiro atoms. The number of hydrogen-bond donors (Lipinski definition) is 0. The molecule has 1 atom stereocenters. The highest BCUT2D eigenvalue weighted by atomic mass is 16.2. The van der Waals surface area contributed by atoms with Gasteiger partial charge in [0.15, 0.2) is 0 Å². The van der Waals surface area contributed by atoms with E-state index in [-0.39, 0.29) is 5.91 Å². The normalized spacial score (nSPS) is 18.5. The number of carbonyl (C=O) groups excluding carboxylic acids is 1. The number of amides is 1. The van der Waals surface area contributed by atoms with Crippen molar-refractivity contribution in [2.45, 2.75) is 18.9 Å². The van der Waals surface area contributed by atoms with E-state index < -0.39 is 5.41 Å². The zero-order chi connectivity index (χ0) is 19.1. The second kappa shape index (κ2) is 6.35. The first-order chi connectivity index (χ1) is 13.7. The highest BCUT2D eigenvalue weighted by Crippen LogP contribution is 2.48. The average molecular weight is 363 g/mol. The monoisotopic (exact) mass is 363 g/mol. The third kappa shape index (κ3) is 2.38. The highest BCUT2D eigenvalue weighted by molar-refractivity contribution is 6.12. The number of rotatable bonds is 3. The molecular formula is C26H21NO. The molecule has 0 aliphatic carbocycles. The van der Waals surface area contributed by atoms with E-state index in [0.717, 1.165) is 33.2 Å². The first-order valence-corrected chi connectivity index (χ1v) is 9.63. The van der Waals surface area contributed by atoms with Crippen LogP contribution in [0.15, 0.2) is 97.1 Å². The Bertz CT molecular complexity index is 1180. The fraction of sp³-hybridized carbons (Fsp3) is 0.115. The van der Waals surface area contributed by atoms with Gasteiger partial charge in [0.05, 0.1) is 12.0 Å². The van der Waals surface area contributed by atoms with Crippen LogP contribution < -0.4 is 4.90 Å². The number of carbonyl (C=O) groups is 1. The Hall–Kier alpha value is -3.39. The lowest BCUT2D eigenvalue weighted by atomic mass is 9.75. The molecule has 136 valence electrons. The molecule has 0 saturated carbocycles. The zero-order valence-electron chi connectivity index (χ0n) is 15.8. The van der Waals surface area contributed by atoms with E-state index in [2.05, 4.69) is 61.5 Å². The van der Waals surface area contributed by atoms with Crippen LogP contribution in [0.3, 0.4) is 0 Å². The molecule has 0 radical (unpaired) electrons. The molecule has 2 nitrogen and oxygen atoms in total. The summed E-state index contributed by atoms with van der Waals surface area (Å²) in [5.74, 6) is 0.133. The number of benzene rings is 4. The molecule has 4 aromatic rings. The summed E-state index contributed by atoms with van der Waals surface area (Å²) in [4.78, 5) is 15.8. The van der Waals surface area contributed by atoms with Gasteiger partial charge in [-0.1, -0.05) is 91.0 Å². The third-order valence-corrected chi connectivity index (χ3v) is 5.92. The highest BCUT2D eigenvalue weighted by Gasteiger charge is 2.48. The van der Waals surface area contributed by atoms with Gasteiger partial charge in [0.1, 0.15) is 0 Å². The summed E-state index contributed by atoms with van der Waals surface area (Å²) in [6, 6.07) is 33.0. The van der Waals surface area contributed by atoms with Crippen LogP contribution in [0, 0.1) is 0 Å². The lowest BCUT2D eigenvalue weighted by Gasteiger charge is -2.26. The minimum absolute atomic E-state index is 0.133. The van der Waals surface area contributed by atoms with Crippen LogP contribution in [0.5, 0.6) is 0 Å². The molecule has 0 N–H and O–H groups in total. The molecule has 0 fully saturated rings. The molecule has 1 amide bonds. The SMILES string of the molecule is C[C@]1(c2cccc3ccccc23)C(=O)N(Cc2ccccc2)c2ccccc21. The first kappa shape index (κ1) is 16.8. The molecule has 28 heavy (non-hydrogen) atoms. The fourth-order valence-corrected chi connectivity index (χ4v) is 4.47. The van der Waals surface area contributed by atoms with Crippen molar-refractivity contribution in [3.05, 3.63) is 114 Å². The van der Waals surface area contributed by atoms with Gasteiger partial charge in [-0.25, -0.2) is 0 Å². The van der Waals surface area contributed by atoms with Gasteiger partial charge >= 0.3 is 0 Å².